The highest BCUT2D eigenvalue weighted by Crippen LogP contribution is 2.18. The fourth-order valence-corrected chi connectivity index (χ4v) is 1.82. The van der Waals surface area contributed by atoms with Gasteiger partial charge in [0.1, 0.15) is 11.9 Å². The van der Waals surface area contributed by atoms with Gasteiger partial charge in [0.2, 0.25) is 5.82 Å². The number of anilines is 1. The summed E-state index contributed by atoms with van der Waals surface area (Å²) in [5.74, 6) is 1.14. The molecule has 0 spiro atoms. The van der Waals surface area contributed by atoms with Crippen molar-refractivity contribution >= 4 is 17.4 Å². The third-order valence-electron chi connectivity index (χ3n) is 2.61. The lowest BCUT2D eigenvalue weighted by Crippen LogP contribution is -2.07. The fraction of sp³-hybridized carbons (Fsp3) is 0.308. The van der Waals surface area contributed by atoms with Gasteiger partial charge in [0, 0.05) is 18.9 Å². The van der Waals surface area contributed by atoms with Crippen molar-refractivity contribution in [3.8, 4) is 6.07 Å². The summed E-state index contributed by atoms with van der Waals surface area (Å²) in [4.78, 5) is 8.41. The summed E-state index contributed by atoms with van der Waals surface area (Å²) in [5.41, 5.74) is 0.720. The smallest absolute Gasteiger partial charge is 0.213 e. The molecule has 0 aromatic carbocycles. The van der Waals surface area contributed by atoms with Crippen molar-refractivity contribution in [3.63, 3.8) is 0 Å². The Morgan fingerprint density at radius 1 is 1.47 bits per heavy atom. The molecule has 1 N–H and O–H groups in total. The second-order valence-corrected chi connectivity index (χ2v) is 4.45. The average molecular weight is 276 g/mol. The van der Waals surface area contributed by atoms with Gasteiger partial charge in [-0.2, -0.15) is 5.26 Å². The van der Waals surface area contributed by atoms with E-state index in [0.29, 0.717) is 17.4 Å². The van der Waals surface area contributed by atoms with Gasteiger partial charge in [-0.1, -0.05) is 18.5 Å². The molecule has 2 heterocycles. The summed E-state index contributed by atoms with van der Waals surface area (Å²) in [5, 5.41) is 12.7. The molecular weight excluding hydrogens is 262 g/mol. The van der Waals surface area contributed by atoms with Crippen LogP contribution >= 0.6 is 11.6 Å². The Balaban J connectivity index is 2.22. The molecule has 0 fully saturated rings. The third kappa shape index (κ3) is 3.24. The van der Waals surface area contributed by atoms with Gasteiger partial charge in [-0.15, -0.1) is 0 Å². The van der Waals surface area contributed by atoms with E-state index in [0.717, 1.165) is 24.5 Å². The number of nitrogens with zero attached hydrogens (tertiary/aromatic N) is 4. The molecule has 0 aliphatic carbocycles. The fourth-order valence-electron chi connectivity index (χ4n) is 1.66. The maximum Gasteiger partial charge on any atom is 0.213 e. The number of aromatic nitrogens is 3. The molecule has 5 nitrogen and oxygen atoms in total. The van der Waals surface area contributed by atoms with Gasteiger partial charge >= 0.3 is 0 Å². The molecular formula is C13H14ClN5. The third-order valence-corrected chi connectivity index (χ3v) is 2.95. The average Bonchev–Trinajstić information content (AvgIpc) is 2.87. The van der Waals surface area contributed by atoms with Crippen molar-refractivity contribution in [2.24, 2.45) is 0 Å². The number of hydrogen-bond donors (Lipinski definition) is 1. The van der Waals surface area contributed by atoms with Gasteiger partial charge in [-0.3, -0.25) is 0 Å². The zero-order valence-electron chi connectivity index (χ0n) is 10.6. The first-order valence-electron chi connectivity index (χ1n) is 6.05. The summed E-state index contributed by atoms with van der Waals surface area (Å²) >= 11 is 6.14. The predicted molar refractivity (Wildman–Crippen MR) is 74.1 cm³/mol. The molecule has 0 amide bonds. The van der Waals surface area contributed by atoms with Crippen LogP contribution in [0.3, 0.4) is 0 Å². The Morgan fingerprint density at radius 2 is 2.32 bits per heavy atom. The first kappa shape index (κ1) is 13.4. The van der Waals surface area contributed by atoms with Crippen molar-refractivity contribution in [3.05, 3.63) is 41.1 Å². The van der Waals surface area contributed by atoms with Crippen molar-refractivity contribution in [2.75, 3.05) is 11.9 Å². The molecule has 0 atom stereocenters. The molecule has 19 heavy (non-hydrogen) atoms. The quantitative estimate of drug-likeness (QED) is 0.911. The minimum atomic E-state index is 0.352. The molecule has 0 saturated heterocycles. The molecule has 0 unspecified atom stereocenters. The summed E-state index contributed by atoms with van der Waals surface area (Å²) < 4.78 is 1.72. The number of rotatable bonds is 5. The van der Waals surface area contributed by atoms with Crippen molar-refractivity contribution in [1.29, 1.82) is 5.26 Å². The molecule has 0 aliphatic rings. The van der Waals surface area contributed by atoms with E-state index in [4.69, 9.17) is 16.9 Å². The molecule has 0 aliphatic heterocycles. The lowest BCUT2D eigenvalue weighted by Gasteiger charge is -2.09. The molecule has 2 aromatic heterocycles. The number of halogens is 1. The summed E-state index contributed by atoms with van der Waals surface area (Å²) in [6.07, 6.45) is 4.36. The highest BCUT2D eigenvalue weighted by molar-refractivity contribution is 6.31. The number of nitrogens with one attached hydrogen (secondary N) is 1. The van der Waals surface area contributed by atoms with Crippen LogP contribution in [0.2, 0.25) is 5.02 Å². The Bertz CT molecular complexity index is 599. The van der Waals surface area contributed by atoms with Crippen LogP contribution < -0.4 is 5.32 Å². The monoisotopic (exact) mass is 275 g/mol. The van der Waals surface area contributed by atoms with E-state index in [-0.39, 0.29) is 0 Å². The second-order valence-electron chi connectivity index (χ2n) is 4.04. The Hall–Kier alpha value is -2.06. The zero-order chi connectivity index (χ0) is 13.7. The lowest BCUT2D eigenvalue weighted by atomic mass is 10.3. The van der Waals surface area contributed by atoms with Crippen LogP contribution in [0.25, 0.3) is 0 Å². The van der Waals surface area contributed by atoms with E-state index in [9.17, 15) is 0 Å². The molecule has 2 rings (SSSR count). The predicted octanol–water partition coefficient (Wildman–Crippen LogP) is 2.67. The topological polar surface area (TPSA) is 66.5 Å². The second kappa shape index (κ2) is 6.21. The largest absolute Gasteiger partial charge is 0.370 e. The maximum absolute atomic E-state index is 8.93. The molecule has 2 aromatic rings. The highest BCUT2D eigenvalue weighted by atomic mass is 35.5. The molecule has 0 bridgehead atoms. The van der Waals surface area contributed by atoms with E-state index in [2.05, 4.69) is 22.2 Å². The van der Waals surface area contributed by atoms with Crippen molar-refractivity contribution in [2.45, 2.75) is 19.9 Å². The highest BCUT2D eigenvalue weighted by Gasteiger charge is 2.08. The van der Waals surface area contributed by atoms with Gasteiger partial charge in [0.25, 0.3) is 0 Å². The molecule has 0 radical (unpaired) electrons. The van der Waals surface area contributed by atoms with Crippen LogP contribution in [0, 0.1) is 11.3 Å². The van der Waals surface area contributed by atoms with Crippen LogP contribution in [0.5, 0.6) is 0 Å². The summed E-state index contributed by atoms with van der Waals surface area (Å²) in [6.45, 7) is 3.39. The zero-order valence-corrected chi connectivity index (χ0v) is 11.4. The minimum Gasteiger partial charge on any atom is -0.370 e. The van der Waals surface area contributed by atoms with Gasteiger partial charge in [0.05, 0.1) is 17.3 Å². The summed E-state index contributed by atoms with van der Waals surface area (Å²) in [6, 6.07) is 5.69. The van der Waals surface area contributed by atoms with Crippen LogP contribution in [-0.2, 0) is 6.54 Å². The summed E-state index contributed by atoms with van der Waals surface area (Å²) in [7, 11) is 0. The first-order valence-corrected chi connectivity index (χ1v) is 6.43. The SMILES string of the molecule is CCCNc1ccc(Cl)c(Cn2ccnc2C#N)n1. The first-order chi connectivity index (χ1) is 9.24. The Kier molecular flexibility index (Phi) is 4.37. The van der Waals surface area contributed by atoms with Crippen LogP contribution in [0.15, 0.2) is 24.5 Å². The van der Waals surface area contributed by atoms with Gasteiger partial charge in [0.15, 0.2) is 0 Å². The standard InChI is InChI=1S/C13H14ClN5/c1-2-5-16-12-4-3-10(14)11(18-12)9-19-7-6-17-13(19)8-15/h3-4,6-7H,2,5,9H2,1H3,(H,16,18). The maximum atomic E-state index is 8.93. The molecule has 98 valence electrons. The van der Waals surface area contributed by atoms with E-state index in [1.54, 1.807) is 17.0 Å². The van der Waals surface area contributed by atoms with Crippen LogP contribution in [-0.4, -0.2) is 21.1 Å². The normalized spacial score (nSPS) is 10.2. The lowest BCUT2D eigenvalue weighted by molar-refractivity contribution is 0.760. The number of pyridine rings is 1. The van der Waals surface area contributed by atoms with Crippen LogP contribution in [0.4, 0.5) is 5.82 Å². The van der Waals surface area contributed by atoms with Crippen molar-refractivity contribution < 1.29 is 0 Å². The Morgan fingerprint density at radius 3 is 3.05 bits per heavy atom. The van der Waals surface area contributed by atoms with E-state index in [1.807, 2.05) is 18.2 Å². The van der Waals surface area contributed by atoms with E-state index in [1.165, 1.54) is 0 Å². The van der Waals surface area contributed by atoms with Crippen LogP contribution in [0.1, 0.15) is 24.9 Å². The van der Waals surface area contributed by atoms with Gasteiger partial charge in [-0.05, 0) is 18.6 Å². The number of hydrogen-bond acceptors (Lipinski definition) is 4. The van der Waals surface area contributed by atoms with E-state index < -0.39 is 0 Å². The molecule has 6 heteroatoms. The van der Waals surface area contributed by atoms with Crippen molar-refractivity contribution in [1.82, 2.24) is 14.5 Å². The minimum absolute atomic E-state index is 0.352. The van der Waals surface area contributed by atoms with Gasteiger partial charge in [-0.25, -0.2) is 9.97 Å². The number of imidazole rings is 1. The Labute approximate surface area is 116 Å². The molecule has 0 saturated carbocycles. The number of nitriles is 1. The van der Waals surface area contributed by atoms with E-state index >= 15 is 0 Å². The van der Waals surface area contributed by atoms with Gasteiger partial charge < -0.3 is 9.88 Å².